The molecule has 2 aromatic heterocycles. The first-order chi connectivity index (χ1) is 13.0. The summed E-state index contributed by atoms with van der Waals surface area (Å²) in [6.45, 7) is 0.321. The molecule has 3 aromatic rings. The van der Waals surface area contributed by atoms with Crippen LogP contribution in [0.2, 0.25) is 10.0 Å². The van der Waals surface area contributed by atoms with Gasteiger partial charge in [0.05, 0.1) is 5.02 Å². The van der Waals surface area contributed by atoms with Crippen molar-refractivity contribution in [1.29, 1.82) is 0 Å². The van der Waals surface area contributed by atoms with Crippen molar-refractivity contribution >= 4 is 29.1 Å². The first-order valence-electron chi connectivity index (χ1n) is 7.83. The SMILES string of the molecule is O=C(NCCc1ccccc1Cl)c1nc(-n2ncc(=O)[nH]c2=O)ccc1Cl. The molecule has 138 valence electrons. The largest absolute Gasteiger partial charge is 0.351 e. The molecule has 0 saturated heterocycles. The number of nitrogens with one attached hydrogen (secondary N) is 2. The van der Waals surface area contributed by atoms with Gasteiger partial charge in [-0.1, -0.05) is 41.4 Å². The number of nitrogens with zero attached hydrogens (tertiary/aromatic N) is 3. The molecule has 2 N–H and O–H groups in total. The number of halogens is 2. The summed E-state index contributed by atoms with van der Waals surface area (Å²) >= 11 is 12.1. The summed E-state index contributed by atoms with van der Waals surface area (Å²) in [4.78, 5) is 41.5. The van der Waals surface area contributed by atoms with Crippen molar-refractivity contribution in [3.63, 3.8) is 0 Å². The number of carbonyl (C=O) groups excluding carboxylic acids is 1. The van der Waals surface area contributed by atoms with Crippen molar-refractivity contribution in [3.05, 3.63) is 84.7 Å². The first-order valence-corrected chi connectivity index (χ1v) is 8.58. The molecule has 1 amide bonds. The van der Waals surface area contributed by atoms with Crippen molar-refractivity contribution in [2.75, 3.05) is 6.54 Å². The highest BCUT2D eigenvalue weighted by Gasteiger charge is 2.15. The number of H-pyrrole nitrogens is 1. The van der Waals surface area contributed by atoms with E-state index in [1.165, 1.54) is 12.1 Å². The maximum absolute atomic E-state index is 12.4. The van der Waals surface area contributed by atoms with Crippen molar-refractivity contribution in [3.8, 4) is 5.82 Å². The Bertz CT molecular complexity index is 1110. The van der Waals surface area contributed by atoms with Crippen LogP contribution in [0.3, 0.4) is 0 Å². The Morgan fingerprint density at radius 3 is 2.63 bits per heavy atom. The summed E-state index contributed by atoms with van der Waals surface area (Å²) in [6, 6.07) is 10.2. The Kier molecular flexibility index (Phi) is 5.68. The van der Waals surface area contributed by atoms with Crippen LogP contribution in [0.5, 0.6) is 0 Å². The minimum absolute atomic E-state index is 0.0527. The third-order valence-electron chi connectivity index (χ3n) is 3.61. The molecule has 0 radical (unpaired) electrons. The number of pyridine rings is 1. The van der Waals surface area contributed by atoms with Crippen LogP contribution in [0, 0.1) is 0 Å². The van der Waals surface area contributed by atoms with E-state index in [4.69, 9.17) is 23.2 Å². The number of amides is 1. The molecule has 0 unspecified atom stereocenters. The Morgan fingerprint density at radius 1 is 1.11 bits per heavy atom. The number of rotatable bonds is 5. The Morgan fingerprint density at radius 2 is 1.89 bits per heavy atom. The lowest BCUT2D eigenvalue weighted by molar-refractivity contribution is 0.0949. The highest BCUT2D eigenvalue weighted by molar-refractivity contribution is 6.33. The zero-order valence-corrected chi connectivity index (χ0v) is 15.3. The van der Waals surface area contributed by atoms with Crippen LogP contribution < -0.4 is 16.6 Å². The molecule has 8 nitrogen and oxygen atoms in total. The zero-order valence-electron chi connectivity index (χ0n) is 13.8. The van der Waals surface area contributed by atoms with Crippen molar-refractivity contribution < 1.29 is 4.79 Å². The third kappa shape index (κ3) is 4.42. The molecule has 3 rings (SSSR count). The monoisotopic (exact) mass is 405 g/mol. The highest BCUT2D eigenvalue weighted by Crippen LogP contribution is 2.16. The van der Waals surface area contributed by atoms with Gasteiger partial charge in [0.15, 0.2) is 5.82 Å². The molecule has 27 heavy (non-hydrogen) atoms. The maximum atomic E-state index is 12.4. The molecular formula is C17H13Cl2N5O3. The fourth-order valence-corrected chi connectivity index (χ4v) is 2.74. The predicted molar refractivity (Wildman–Crippen MR) is 101 cm³/mol. The highest BCUT2D eigenvalue weighted by atomic mass is 35.5. The summed E-state index contributed by atoms with van der Waals surface area (Å²) in [7, 11) is 0. The molecule has 0 aliphatic rings. The van der Waals surface area contributed by atoms with Gasteiger partial charge in [0.25, 0.3) is 11.5 Å². The lowest BCUT2D eigenvalue weighted by Gasteiger charge is -2.09. The molecule has 0 atom stereocenters. The van der Waals surface area contributed by atoms with Crippen LogP contribution in [0.4, 0.5) is 0 Å². The molecule has 0 fully saturated rings. The second-order valence-electron chi connectivity index (χ2n) is 5.45. The number of aromatic nitrogens is 4. The average molecular weight is 406 g/mol. The standard InChI is InChI=1S/C17H13Cl2N5O3/c18-11-4-2-1-3-10(11)7-8-20-16(26)15-12(19)5-6-13(22-15)24-17(27)23-14(25)9-21-24/h1-6,9H,7-8H2,(H,20,26)(H,23,25,27). The van der Waals surface area contributed by atoms with Gasteiger partial charge in [-0.05, 0) is 30.2 Å². The van der Waals surface area contributed by atoms with E-state index in [1.54, 1.807) is 6.07 Å². The molecule has 0 bridgehead atoms. The minimum Gasteiger partial charge on any atom is -0.350 e. The fraction of sp³-hybridized carbons (Fsp3) is 0.118. The molecule has 10 heteroatoms. The second-order valence-corrected chi connectivity index (χ2v) is 6.26. The number of benzene rings is 1. The van der Waals surface area contributed by atoms with Gasteiger partial charge in [-0.25, -0.2) is 9.78 Å². The number of carbonyl (C=O) groups is 1. The molecule has 0 aliphatic carbocycles. The summed E-state index contributed by atoms with van der Waals surface area (Å²) < 4.78 is 0.859. The molecule has 1 aromatic carbocycles. The molecule has 2 heterocycles. The van der Waals surface area contributed by atoms with Gasteiger partial charge in [-0.3, -0.25) is 14.6 Å². The maximum Gasteiger partial charge on any atom is 0.351 e. The first kappa shape index (κ1) is 18.8. The van der Waals surface area contributed by atoms with Crippen molar-refractivity contribution in [2.45, 2.75) is 6.42 Å². The van der Waals surface area contributed by atoms with Gasteiger partial charge < -0.3 is 5.32 Å². The van der Waals surface area contributed by atoms with E-state index in [0.717, 1.165) is 16.4 Å². The summed E-state index contributed by atoms with van der Waals surface area (Å²) in [5, 5.41) is 7.14. The molecule has 0 aliphatic heterocycles. The van der Waals surface area contributed by atoms with E-state index in [9.17, 15) is 14.4 Å². The lowest BCUT2D eigenvalue weighted by Crippen LogP contribution is -2.32. The second kappa shape index (κ2) is 8.15. The van der Waals surface area contributed by atoms with E-state index >= 15 is 0 Å². The fourth-order valence-electron chi connectivity index (χ4n) is 2.32. The van der Waals surface area contributed by atoms with E-state index in [2.05, 4.69) is 20.4 Å². The predicted octanol–water partition coefficient (Wildman–Crippen LogP) is 1.60. The summed E-state index contributed by atoms with van der Waals surface area (Å²) in [5.41, 5.74) is -0.574. The number of hydrogen-bond donors (Lipinski definition) is 2. The van der Waals surface area contributed by atoms with Gasteiger partial charge in [0.1, 0.15) is 11.9 Å². The number of aromatic amines is 1. The third-order valence-corrected chi connectivity index (χ3v) is 4.29. The van der Waals surface area contributed by atoms with Gasteiger partial charge in [0.2, 0.25) is 0 Å². The van der Waals surface area contributed by atoms with Crippen LogP contribution in [-0.2, 0) is 6.42 Å². The van der Waals surface area contributed by atoms with E-state index < -0.39 is 17.2 Å². The van der Waals surface area contributed by atoms with Crippen LogP contribution in [0.15, 0.2) is 52.2 Å². The number of hydrogen-bond acceptors (Lipinski definition) is 5. The molecule has 0 saturated carbocycles. The van der Waals surface area contributed by atoms with Crippen LogP contribution >= 0.6 is 23.2 Å². The Hall–Kier alpha value is -2.97. The molecule has 0 spiro atoms. The Labute approximate surface area is 162 Å². The van der Waals surface area contributed by atoms with Crippen LogP contribution in [-0.4, -0.2) is 32.2 Å². The summed E-state index contributed by atoms with van der Waals surface area (Å²) in [5.74, 6) is -0.455. The van der Waals surface area contributed by atoms with Crippen molar-refractivity contribution in [2.24, 2.45) is 0 Å². The smallest absolute Gasteiger partial charge is 0.350 e. The van der Waals surface area contributed by atoms with Gasteiger partial charge >= 0.3 is 5.69 Å². The van der Waals surface area contributed by atoms with Crippen molar-refractivity contribution in [1.82, 2.24) is 25.1 Å². The average Bonchev–Trinajstić information content (AvgIpc) is 2.64. The van der Waals surface area contributed by atoms with E-state index in [1.807, 2.05) is 18.2 Å². The van der Waals surface area contributed by atoms with E-state index in [0.29, 0.717) is 18.0 Å². The normalized spacial score (nSPS) is 10.6. The van der Waals surface area contributed by atoms with Gasteiger partial charge in [0, 0.05) is 11.6 Å². The molecular weight excluding hydrogens is 393 g/mol. The van der Waals surface area contributed by atoms with E-state index in [-0.39, 0.29) is 16.5 Å². The van der Waals surface area contributed by atoms with Crippen LogP contribution in [0.1, 0.15) is 16.1 Å². The Balaban J connectivity index is 1.77. The summed E-state index contributed by atoms with van der Waals surface area (Å²) in [6.07, 6.45) is 1.46. The topological polar surface area (TPSA) is 110 Å². The minimum atomic E-state index is -0.776. The quantitative estimate of drug-likeness (QED) is 0.669. The zero-order chi connectivity index (χ0) is 19.4. The van der Waals surface area contributed by atoms with Gasteiger partial charge in [-0.15, -0.1) is 0 Å². The lowest BCUT2D eigenvalue weighted by atomic mass is 10.1. The van der Waals surface area contributed by atoms with Crippen LogP contribution in [0.25, 0.3) is 5.82 Å². The van der Waals surface area contributed by atoms with Gasteiger partial charge in [-0.2, -0.15) is 9.78 Å².